The molecular formula is C17H15F2NO5. The number of hydrogen-bond acceptors (Lipinski definition) is 5. The predicted octanol–water partition coefficient (Wildman–Crippen LogP) is 2.86. The van der Waals surface area contributed by atoms with Gasteiger partial charge >= 0.3 is 5.97 Å². The first kappa shape index (κ1) is 18.2. The molecule has 6 nitrogen and oxygen atoms in total. The Balaban J connectivity index is 2.07. The van der Waals surface area contributed by atoms with Gasteiger partial charge in [-0.25, -0.2) is 13.6 Å². The topological polar surface area (TPSA) is 84.9 Å². The van der Waals surface area contributed by atoms with Crippen LogP contribution in [0.15, 0.2) is 36.4 Å². The summed E-state index contributed by atoms with van der Waals surface area (Å²) in [7, 11) is 1.39. The smallest absolute Gasteiger partial charge is 0.342 e. The van der Waals surface area contributed by atoms with E-state index in [-0.39, 0.29) is 5.56 Å². The number of anilines is 1. The minimum Gasteiger partial charge on any atom is -0.507 e. The molecule has 0 bridgehead atoms. The van der Waals surface area contributed by atoms with Crippen LogP contribution in [-0.4, -0.2) is 30.2 Å². The van der Waals surface area contributed by atoms with Gasteiger partial charge in [0, 0.05) is 6.07 Å². The van der Waals surface area contributed by atoms with E-state index >= 15 is 0 Å². The predicted molar refractivity (Wildman–Crippen MR) is 84.5 cm³/mol. The number of para-hydroxylation sites is 1. The summed E-state index contributed by atoms with van der Waals surface area (Å²) in [5.41, 5.74) is -0.819. The first-order valence-corrected chi connectivity index (χ1v) is 7.16. The minimum absolute atomic E-state index is 0.183. The summed E-state index contributed by atoms with van der Waals surface area (Å²) < 4.78 is 36.8. The van der Waals surface area contributed by atoms with Crippen LogP contribution in [0.25, 0.3) is 0 Å². The van der Waals surface area contributed by atoms with E-state index < -0.39 is 41.1 Å². The second kappa shape index (κ2) is 7.61. The summed E-state index contributed by atoms with van der Waals surface area (Å²) in [6, 6.07) is 7.00. The molecule has 132 valence electrons. The number of carbonyl (C=O) groups is 2. The molecule has 0 aliphatic heterocycles. The second-order valence-electron chi connectivity index (χ2n) is 5.02. The Bertz CT molecular complexity index is 789. The molecule has 2 rings (SSSR count). The number of halogens is 2. The lowest BCUT2D eigenvalue weighted by Crippen LogP contribution is -2.30. The Morgan fingerprint density at radius 1 is 1.16 bits per heavy atom. The summed E-state index contributed by atoms with van der Waals surface area (Å²) in [6.45, 7) is 1.23. The maximum absolute atomic E-state index is 13.5. The fourth-order valence-electron chi connectivity index (χ4n) is 1.93. The molecule has 8 heteroatoms. The van der Waals surface area contributed by atoms with Crippen LogP contribution < -0.4 is 10.1 Å². The number of rotatable bonds is 5. The number of ether oxygens (including phenoxy) is 2. The fraction of sp³-hybridized carbons (Fsp3) is 0.176. The molecule has 1 amide bonds. The van der Waals surface area contributed by atoms with Gasteiger partial charge in [0.25, 0.3) is 5.91 Å². The van der Waals surface area contributed by atoms with Gasteiger partial charge in [0.15, 0.2) is 6.10 Å². The molecule has 0 fully saturated rings. The summed E-state index contributed by atoms with van der Waals surface area (Å²) in [4.78, 5) is 24.0. The van der Waals surface area contributed by atoms with Crippen LogP contribution in [0.4, 0.5) is 14.5 Å². The van der Waals surface area contributed by atoms with Gasteiger partial charge < -0.3 is 19.9 Å². The van der Waals surface area contributed by atoms with Crippen molar-refractivity contribution >= 4 is 17.6 Å². The van der Waals surface area contributed by atoms with Gasteiger partial charge in [0.2, 0.25) is 0 Å². The lowest BCUT2D eigenvalue weighted by Gasteiger charge is -2.15. The summed E-state index contributed by atoms with van der Waals surface area (Å²) in [5.74, 6) is -3.88. The van der Waals surface area contributed by atoms with Crippen molar-refractivity contribution in [3.05, 3.63) is 53.6 Å². The highest BCUT2D eigenvalue weighted by Gasteiger charge is 2.23. The van der Waals surface area contributed by atoms with E-state index in [9.17, 15) is 23.5 Å². The van der Waals surface area contributed by atoms with E-state index in [0.29, 0.717) is 5.75 Å². The van der Waals surface area contributed by atoms with E-state index in [1.54, 1.807) is 0 Å². The molecular weight excluding hydrogens is 336 g/mol. The van der Waals surface area contributed by atoms with Crippen molar-refractivity contribution in [3.8, 4) is 11.5 Å². The molecule has 0 saturated heterocycles. The highest BCUT2D eigenvalue weighted by Crippen LogP contribution is 2.24. The van der Waals surface area contributed by atoms with Crippen molar-refractivity contribution in [1.82, 2.24) is 0 Å². The van der Waals surface area contributed by atoms with Gasteiger partial charge in [-0.2, -0.15) is 0 Å². The highest BCUT2D eigenvalue weighted by atomic mass is 19.1. The van der Waals surface area contributed by atoms with Crippen molar-refractivity contribution in [2.24, 2.45) is 0 Å². The van der Waals surface area contributed by atoms with Crippen LogP contribution in [0.3, 0.4) is 0 Å². The quantitative estimate of drug-likeness (QED) is 0.809. The second-order valence-corrected chi connectivity index (χ2v) is 5.02. The van der Waals surface area contributed by atoms with Gasteiger partial charge in [0.1, 0.15) is 34.4 Å². The van der Waals surface area contributed by atoms with Gasteiger partial charge in [-0.1, -0.05) is 6.07 Å². The first-order chi connectivity index (χ1) is 11.8. The fourth-order valence-corrected chi connectivity index (χ4v) is 1.93. The molecule has 2 aromatic carbocycles. The maximum Gasteiger partial charge on any atom is 0.342 e. The molecule has 0 aliphatic carbocycles. The molecule has 0 radical (unpaired) electrons. The van der Waals surface area contributed by atoms with Crippen molar-refractivity contribution in [2.75, 3.05) is 12.4 Å². The van der Waals surface area contributed by atoms with Gasteiger partial charge in [-0.3, -0.25) is 4.79 Å². The summed E-state index contributed by atoms with van der Waals surface area (Å²) in [5, 5.41) is 11.8. The average molecular weight is 351 g/mol. The number of carbonyl (C=O) groups excluding carboxylic acids is 2. The zero-order chi connectivity index (χ0) is 18.6. The molecule has 0 aliphatic rings. The number of aromatic hydroxyl groups is 1. The third kappa shape index (κ3) is 4.23. The summed E-state index contributed by atoms with van der Waals surface area (Å²) in [6.07, 6.45) is -1.35. The van der Waals surface area contributed by atoms with Crippen molar-refractivity contribution in [3.63, 3.8) is 0 Å². The van der Waals surface area contributed by atoms with E-state index in [4.69, 9.17) is 9.47 Å². The molecule has 1 atom stereocenters. The Hall–Kier alpha value is -3.16. The van der Waals surface area contributed by atoms with Crippen LogP contribution in [-0.2, 0) is 9.53 Å². The molecule has 0 unspecified atom stereocenters. The number of methoxy groups -OCH3 is 1. The number of nitrogens with one attached hydrogen (secondary N) is 1. The lowest BCUT2D eigenvalue weighted by atomic mass is 10.2. The van der Waals surface area contributed by atoms with E-state index in [2.05, 4.69) is 0 Å². The van der Waals surface area contributed by atoms with Crippen molar-refractivity contribution in [1.29, 1.82) is 0 Å². The van der Waals surface area contributed by atoms with E-state index in [1.807, 2.05) is 5.32 Å². The first-order valence-electron chi connectivity index (χ1n) is 7.16. The van der Waals surface area contributed by atoms with Crippen LogP contribution in [0.5, 0.6) is 11.5 Å². The van der Waals surface area contributed by atoms with Crippen LogP contribution >= 0.6 is 0 Å². The number of amides is 1. The van der Waals surface area contributed by atoms with Gasteiger partial charge in [-0.05, 0) is 31.2 Å². The molecule has 0 spiro atoms. The molecule has 0 heterocycles. The number of benzene rings is 2. The third-order valence-electron chi connectivity index (χ3n) is 3.29. The Morgan fingerprint density at radius 3 is 2.36 bits per heavy atom. The number of esters is 1. The molecule has 2 N–H and O–H groups in total. The normalized spacial score (nSPS) is 11.5. The zero-order valence-corrected chi connectivity index (χ0v) is 13.4. The third-order valence-corrected chi connectivity index (χ3v) is 3.29. The van der Waals surface area contributed by atoms with E-state index in [0.717, 1.165) is 18.2 Å². The van der Waals surface area contributed by atoms with Gasteiger partial charge in [-0.15, -0.1) is 0 Å². The van der Waals surface area contributed by atoms with Gasteiger partial charge in [0.05, 0.1) is 7.11 Å². The molecule has 2 aromatic rings. The highest BCUT2D eigenvalue weighted by molar-refractivity contribution is 5.98. The SMILES string of the molecule is COc1ccc(C(=O)O[C@@H](C)C(=O)Nc2c(F)cccc2F)c(O)c1. The lowest BCUT2D eigenvalue weighted by molar-refractivity contribution is -0.123. The van der Waals surface area contributed by atoms with Crippen LogP contribution in [0, 0.1) is 11.6 Å². The van der Waals surface area contributed by atoms with E-state index in [1.165, 1.54) is 32.2 Å². The molecule has 0 aromatic heterocycles. The zero-order valence-electron chi connectivity index (χ0n) is 13.4. The number of phenolic OH excluding ortho intramolecular Hbond substituents is 1. The van der Waals surface area contributed by atoms with Crippen LogP contribution in [0.2, 0.25) is 0 Å². The largest absolute Gasteiger partial charge is 0.507 e. The monoisotopic (exact) mass is 351 g/mol. The van der Waals surface area contributed by atoms with Crippen molar-refractivity contribution < 1.29 is 33.0 Å². The Labute approximate surface area is 142 Å². The maximum atomic E-state index is 13.5. The molecule has 25 heavy (non-hydrogen) atoms. The standard InChI is InChI=1S/C17H15F2NO5/c1-9(16(22)20-15-12(18)4-3-5-13(15)19)25-17(23)11-7-6-10(24-2)8-14(11)21/h3-9,21H,1-2H3,(H,20,22)/t9-/m0/s1. The Kier molecular flexibility index (Phi) is 5.53. The number of phenols is 1. The minimum atomic E-state index is -1.35. The van der Waals surface area contributed by atoms with Crippen LogP contribution in [0.1, 0.15) is 17.3 Å². The Morgan fingerprint density at radius 2 is 1.80 bits per heavy atom. The molecule has 0 saturated carbocycles. The average Bonchev–Trinajstić information content (AvgIpc) is 2.57. The van der Waals surface area contributed by atoms with Crippen molar-refractivity contribution in [2.45, 2.75) is 13.0 Å². The summed E-state index contributed by atoms with van der Waals surface area (Å²) >= 11 is 0. The number of hydrogen-bond donors (Lipinski definition) is 2.